The number of likely N-dealkylation sites (N-methyl/N-ethyl adjacent to an activating group) is 1. The van der Waals surface area contributed by atoms with Crippen molar-refractivity contribution in [3.05, 3.63) is 11.9 Å². The van der Waals surface area contributed by atoms with E-state index in [4.69, 9.17) is 10.5 Å². The first-order chi connectivity index (χ1) is 9.06. The number of amides is 1. The molecule has 0 aromatic carbocycles. The van der Waals surface area contributed by atoms with E-state index in [1.807, 2.05) is 25.9 Å². The van der Waals surface area contributed by atoms with Crippen LogP contribution in [0.3, 0.4) is 0 Å². The number of hydrogen-bond donors (Lipinski definition) is 2. The Kier molecular flexibility index (Phi) is 6.31. The molecule has 1 rings (SSSR count). The van der Waals surface area contributed by atoms with Crippen molar-refractivity contribution >= 4 is 11.6 Å². The van der Waals surface area contributed by atoms with E-state index in [9.17, 15) is 4.79 Å². The lowest BCUT2D eigenvalue weighted by molar-refractivity contribution is 0.0891. The Morgan fingerprint density at radius 3 is 2.89 bits per heavy atom. The van der Waals surface area contributed by atoms with Gasteiger partial charge in [-0.2, -0.15) is 5.10 Å². The number of carbonyl (C=O) groups is 1. The zero-order valence-electron chi connectivity index (χ0n) is 11.8. The number of nitrogen functional groups attached to an aromatic ring is 1. The fourth-order valence-corrected chi connectivity index (χ4v) is 1.56. The van der Waals surface area contributed by atoms with Crippen molar-refractivity contribution < 1.29 is 9.53 Å². The summed E-state index contributed by atoms with van der Waals surface area (Å²) in [5.74, 6) is -0.215. The Morgan fingerprint density at radius 1 is 1.53 bits per heavy atom. The molecule has 0 aliphatic rings. The monoisotopic (exact) mass is 269 g/mol. The molecule has 1 aromatic heterocycles. The van der Waals surface area contributed by atoms with Gasteiger partial charge in [0, 0.05) is 19.6 Å². The molecule has 0 fully saturated rings. The maximum atomic E-state index is 11.9. The van der Waals surface area contributed by atoms with Crippen LogP contribution in [0.25, 0.3) is 0 Å². The number of nitrogens with two attached hydrogens (primary N) is 1. The van der Waals surface area contributed by atoms with Crippen LogP contribution in [0.4, 0.5) is 5.69 Å². The molecule has 0 spiro atoms. The SMILES string of the molecule is CCn1ncc(N)c1C(=O)NCCOCCN(C)C. The largest absolute Gasteiger partial charge is 0.396 e. The fraction of sp³-hybridized carbons (Fsp3) is 0.667. The Balaban J connectivity index is 2.29. The molecule has 108 valence electrons. The Morgan fingerprint density at radius 2 is 2.26 bits per heavy atom. The molecule has 0 saturated carbocycles. The number of rotatable bonds is 8. The summed E-state index contributed by atoms with van der Waals surface area (Å²) in [6.45, 7) is 4.98. The maximum Gasteiger partial charge on any atom is 0.271 e. The molecular weight excluding hydrogens is 246 g/mol. The van der Waals surface area contributed by atoms with Crippen LogP contribution in [-0.4, -0.2) is 61.0 Å². The van der Waals surface area contributed by atoms with Crippen LogP contribution in [-0.2, 0) is 11.3 Å². The van der Waals surface area contributed by atoms with Gasteiger partial charge in [-0.1, -0.05) is 0 Å². The molecule has 7 nitrogen and oxygen atoms in total. The van der Waals surface area contributed by atoms with Crippen LogP contribution in [0.1, 0.15) is 17.4 Å². The van der Waals surface area contributed by atoms with Gasteiger partial charge in [-0.05, 0) is 21.0 Å². The summed E-state index contributed by atoms with van der Waals surface area (Å²) in [5, 5.41) is 6.80. The summed E-state index contributed by atoms with van der Waals surface area (Å²) in [6.07, 6.45) is 1.49. The smallest absolute Gasteiger partial charge is 0.271 e. The van der Waals surface area contributed by atoms with Gasteiger partial charge in [0.15, 0.2) is 0 Å². The van der Waals surface area contributed by atoms with E-state index in [0.29, 0.717) is 37.7 Å². The van der Waals surface area contributed by atoms with Crippen molar-refractivity contribution in [1.29, 1.82) is 0 Å². The Bertz CT molecular complexity index is 403. The molecule has 3 N–H and O–H groups in total. The molecule has 0 radical (unpaired) electrons. The van der Waals surface area contributed by atoms with E-state index in [-0.39, 0.29) is 5.91 Å². The second-order valence-corrected chi connectivity index (χ2v) is 4.44. The minimum Gasteiger partial charge on any atom is -0.396 e. The van der Waals surface area contributed by atoms with Crippen LogP contribution in [0, 0.1) is 0 Å². The number of hydrogen-bond acceptors (Lipinski definition) is 5. The average Bonchev–Trinajstić information content (AvgIpc) is 2.74. The molecule has 0 atom stereocenters. The van der Waals surface area contributed by atoms with E-state index in [1.54, 1.807) is 4.68 Å². The van der Waals surface area contributed by atoms with Gasteiger partial charge in [-0.25, -0.2) is 0 Å². The van der Waals surface area contributed by atoms with E-state index < -0.39 is 0 Å². The minimum absolute atomic E-state index is 0.215. The van der Waals surface area contributed by atoms with Crippen LogP contribution >= 0.6 is 0 Å². The quantitative estimate of drug-likeness (QED) is 0.638. The Hall–Kier alpha value is -1.60. The number of nitrogens with zero attached hydrogens (tertiary/aromatic N) is 3. The highest BCUT2D eigenvalue weighted by molar-refractivity contribution is 5.97. The Labute approximate surface area is 113 Å². The summed E-state index contributed by atoms with van der Waals surface area (Å²) in [5.41, 5.74) is 6.53. The molecule has 0 unspecified atom stereocenters. The van der Waals surface area contributed by atoms with E-state index in [0.717, 1.165) is 6.54 Å². The first kappa shape index (κ1) is 15.5. The molecular formula is C12H23N5O2. The molecule has 0 bridgehead atoms. The lowest BCUT2D eigenvalue weighted by atomic mass is 10.3. The van der Waals surface area contributed by atoms with Crippen LogP contribution in [0.15, 0.2) is 6.20 Å². The zero-order chi connectivity index (χ0) is 14.3. The topological polar surface area (TPSA) is 85.4 Å². The van der Waals surface area contributed by atoms with Gasteiger partial charge in [0.2, 0.25) is 0 Å². The molecule has 0 aliphatic carbocycles. The first-order valence-electron chi connectivity index (χ1n) is 6.38. The van der Waals surface area contributed by atoms with Gasteiger partial charge in [0.05, 0.1) is 25.1 Å². The first-order valence-corrected chi connectivity index (χ1v) is 6.38. The molecule has 1 heterocycles. The lowest BCUT2D eigenvalue weighted by Crippen LogP contribution is -2.30. The molecule has 7 heteroatoms. The molecule has 0 saturated heterocycles. The van der Waals surface area contributed by atoms with E-state index in [2.05, 4.69) is 10.4 Å². The number of carbonyl (C=O) groups excluding carboxylic acids is 1. The average molecular weight is 269 g/mol. The van der Waals surface area contributed by atoms with Crippen molar-refractivity contribution in [3.63, 3.8) is 0 Å². The number of aryl methyl sites for hydroxylation is 1. The lowest BCUT2D eigenvalue weighted by Gasteiger charge is -2.10. The van der Waals surface area contributed by atoms with Gasteiger partial charge < -0.3 is 20.7 Å². The van der Waals surface area contributed by atoms with Crippen LogP contribution in [0.5, 0.6) is 0 Å². The number of ether oxygens (including phenoxy) is 1. The normalized spacial score (nSPS) is 10.9. The van der Waals surface area contributed by atoms with Crippen LogP contribution < -0.4 is 11.1 Å². The van der Waals surface area contributed by atoms with Crippen molar-refractivity contribution in [2.24, 2.45) is 0 Å². The van der Waals surface area contributed by atoms with Crippen molar-refractivity contribution in [2.45, 2.75) is 13.5 Å². The molecule has 1 amide bonds. The summed E-state index contributed by atoms with van der Waals surface area (Å²) < 4.78 is 6.97. The highest BCUT2D eigenvalue weighted by atomic mass is 16.5. The highest BCUT2D eigenvalue weighted by Gasteiger charge is 2.15. The standard InChI is InChI=1S/C12H23N5O2/c1-4-17-11(10(13)9-15-17)12(18)14-5-7-19-8-6-16(2)3/h9H,4-8,13H2,1-3H3,(H,14,18). The van der Waals surface area contributed by atoms with Gasteiger partial charge in [0.1, 0.15) is 5.69 Å². The highest BCUT2D eigenvalue weighted by Crippen LogP contribution is 2.09. The summed E-state index contributed by atoms with van der Waals surface area (Å²) in [4.78, 5) is 14.0. The van der Waals surface area contributed by atoms with Gasteiger partial charge in [-0.3, -0.25) is 9.48 Å². The predicted octanol–water partition coefficient (Wildman–Crippen LogP) is -0.207. The molecule has 1 aromatic rings. The summed E-state index contributed by atoms with van der Waals surface area (Å²) >= 11 is 0. The number of anilines is 1. The van der Waals surface area contributed by atoms with Crippen LogP contribution in [0.2, 0.25) is 0 Å². The second kappa shape index (κ2) is 7.75. The van der Waals surface area contributed by atoms with Gasteiger partial charge in [-0.15, -0.1) is 0 Å². The number of nitrogens with one attached hydrogen (secondary N) is 1. The molecule has 19 heavy (non-hydrogen) atoms. The predicted molar refractivity (Wildman–Crippen MR) is 74.0 cm³/mol. The summed E-state index contributed by atoms with van der Waals surface area (Å²) in [6, 6.07) is 0. The van der Waals surface area contributed by atoms with Crippen molar-refractivity contribution in [3.8, 4) is 0 Å². The third-order valence-electron chi connectivity index (χ3n) is 2.60. The third-order valence-corrected chi connectivity index (χ3v) is 2.60. The van der Waals surface area contributed by atoms with Gasteiger partial charge >= 0.3 is 0 Å². The summed E-state index contributed by atoms with van der Waals surface area (Å²) in [7, 11) is 3.97. The van der Waals surface area contributed by atoms with E-state index in [1.165, 1.54) is 6.20 Å². The van der Waals surface area contributed by atoms with Gasteiger partial charge in [0.25, 0.3) is 5.91 Å². The molecule has 0 aliphatic heterocycles. The van der Waals surface area contributed by atoms with Crippen molar-refractivity contribution in [2.75, 3.05) is 46.1 Å². The maximum absolute atomic E-state index is 11.9. The fourth-order valence-electron chi connectivity index (χ4n) is 1.56. The number of aromatic nitrogens is 2. The third kappa shape index (κ3) is 4.88. The van der Waals surface area contributed by atoms with Crippen molar-refractivity contribution in [1.82, 2.24) is 20.0 Å². The second-order valence-electron chi connectivity index (χ2n) is 4.44. The minimum atomic E-state index is -0.215. The van der Waals surface area contributed by atoms with E-state index >= 15 is 0 Å². The zero-order valence-corrected chi connectivity index (χ0v) is 11.8.